The van der Waals surface area contributed by atoms with E-state index in [9.17, 15) is 43.2 Å². The van der Waals surface area contributed by atoms with Gasteiger partial charge in [0.25, 0.3) is 0 Å². The fraction of sp³-hybridized carbons (Fsp3) is 0.949. The Labute approximate surface area is 600 Å². The van der Waals surface area contributed by atoms with E-state index in [2.05, 4.69) is 41.5 Å². The predicted octanol–water partition coefficient (Wildman–Crippen LogP) is 23.5. The molecule has 582 valence electrons. The molecular weight excluding hydrogens is 1280 g/mol. The van der Waals surface area contributed by atoms with E-state index in [1.54, 1.807) is 0 Å². The van der Waals surface area contributed by atoms with Gasteiger partial charge in [0.15, 0.2) is 12.2 Å². The summed E-state index contributed by atoms with van der Waals surface area (Å²) in [7, 11) is -9.91. The number of aliphatic hydroxyl groups is 1. The Bertz CT molecular complexity index is 1890. The highest BCUT2D eigenvalue weighted by Crippen LogP contribution is 2.45. The number of hydrogen-bond donors (Lipinski definition) is 3. The zero-order chi connectivity index (χ0) is 72.1. The fourth-order valence-electron chi connectivity index (χ4n) is 12.2. The first-order valence-corrected chi connectivity index (χ1v) is 44.0. The maximum atomic E-state index is 13.1. The van der Waals surface area contributed by atoms with Crippen molar-refractivity contribution in [2.24, 2.45) is 11.8 Å². The summed E-state index contributed by atoms with van der Waals surface area (Å²) in [6.07, 6.45) is 59.9. The van der Waals surface area contributed by atoms with Crippen LogP contribution in [0.3, 0.4) is 0 Å². The summed E-state index contributed by atoms with van der Waals surface area (Å²) in [5, 5.41) is 10.6. The van der Waals surface area contributed by atoms with Crippen molar-refractivity contribution in [3.63, 3.8) is 0 Å². The van der Waals surface area contributed by atoms with Crippen LogP contribution in [-0.2, 0) is 65.4 Å². The molecule has 0 radical (unpaired) electrons. The number of phosphoric ester groups is 2. The Kier molecular flexibility index (Phi) is 69.3. The molecule has 0 saturated heterocycles. The summed E-state index contributed by atoms with van der Waals surface area (Å²) in [6, 6.07) is 0. The topological polar surface area (TPSA) is 237 Å². The van der Waals surface area contributed by atoms with Crippen LogP contribution < -0.4 is 0 Å². The van der Waals surface area contributed by atoms with Gasteiger partial charge in [-0.2, -0.15) is 0 Å². The van der Waals surface area contributed by atoms with Gasteiger partial charge in [-0.25, -0.2) is 9.13 Å². The molecule has 17 nitrogen and oxygen atoms in total. The first-order valence-electron chi connectivity index (χ1n) is 41.0. The molecule has 0 aliphatic heterocycles. The fourth-order valence-corrected chi connectivity index (χ4v) is 13.8. The molecule has 0 aromatic rings. The lowest BCUT2D eigenvalue weighted by atomic mass is 10.0. The molecule has 0 aromatic carbocycles. The van der Waals surface area contributed by atoms with Crippen LogP contribution in [-0.4, -0.2) is 96.7 Å². The van der Waals surface area contributed by atoms with Crippen LogP contribution in [0.15, 0.2) is 0 Å². The van der Waals surface area contributed by atoms with Gasteiger partial charge >= 0.3 is 39.5 Å². The number of phosphoric acid groups is 2. The molecule has 0 bridgehead atoms. The van der Waals surface area contributed by atoms with Gasteiger partial charge in [0.05, 0.1) is 26.4 Å². The summed E-state index contributed by atoms with van der Waals surface area (Å²) >= 11 is 0. The third-order valence-electron chi connectivity index (χ3n) is 18.5. The molecule has 0 fully saturated rings. The van der Waals surface area contributed by atoms with Crippen molar-refractivity contribution in [1.82, 2.24) is 0 Å². The average Bonchev–Trinajstić information content (AvgIpc) is 1.03. The Hall–Kier alpha value is -1.94. The SMILES string of the molecule is CCCCCCCCCCCCCC(=O)O[C@H](COC(=O)CCCCCCCCC)COP(=O)(O)OC[C@H](O)COP(=O)(O)OC[C@@H](COC(=O)CCCCCCCCCCCCCCCCCCC(C)C)OC(=O)CCCCCCCCCCCCCCCCCCCCC(C)C. The first-order chi connectivity index (χ1) is 47.4. The first kappa shape index (κ1) is 96.1. The van der Waals surface area contributed by atoms with Gasteiger partial charge in [0.1, 0.15) is 19.3 Å². The van der Waals surface area contributed by atoms with Gasteiger partial charge in [-0.3, -0.25) is 37.3 Å². The molecule has 2 unspecified atom stereocenters. The maximum Gasteiger partial charge on any atom is 0.472 e. The van der Waals surface area contributed by atoms with Gasteiger partial charge in [-0.05, 0) is 37.5 Å². The van der Waals surface area contributed by atoms with Gasteiger partial charge in [0.2, 0.25) is 0 Å². The van der Waals surface area contributed by atoms with E-state index in [1.165, 1.54) is 218 Å². The van der Waals surface area contributed by atoms with Crippen molar-refractivity contribution in [3.05, 3.63) is 0 Å². The molecule has 0 heterocycles. The summed E-state index contributed by atoms with van der Waals surface area (Å²) in [5.74, 6) is -0.483. The molecule has 19 heteroatoms. The summed E-state index contributed by atoms with van der Waals surface area (Å²) in [6.45, 7) is 9.64. The molecule has 0 aliphatic rings. The Morgan fingerprint density at radius 1 is 0.276 bits per heavy atom. The molecule has 0 saturated carbocycles. The molecule has 0 rings (SSSR count). The molecule has 0 amide bonds. The number of ether oxygens (including phenoxy) is 4. The zero-order valence-electron chi connectivity index (χ0n) is 64.1. The number of carbonyl (C=O) groups excluding carboxylic acids is 4. The molecule has 3 N–H and O–H groups in total. The zero-order valence-corrected chi connectivity index (χ0v) is 65.9. The molecule has 0 aromatic heterocycles. The van der Waals surface area contributed by atoms with Crippen LogP contribution >= 0.6 is 15.6 Å². The predicted molar refractivity (Wildman–Crippen MR) is 400 cm³/mol. The second-order valence-electron chi connectivity index (χ2n) is 29.4. The summed E-state index contributed by atoms with van der Waals surface area (Å²) in [5.41, 5.74) is 0. The lowest BCUT2D eigenvalue weighted by Crippen LogP contribution is -2.30. The number of carbonyl (C=O) groups is 4. The molecule has 0 spiro atoms. The van der Waals surface area contributed by atoms with E-state index in [-0.39, 0.29) is 25.7 Å². The number of aliphatic hydroxyl groups excluding tert-OH is 1. The van der Waals surface area contributed by atoms with Crippen LogP contribution in [0.1, 0.15) is 414 Å². The van der Waals surface area contributed by atoms with E-state index in [1.807, 2.05) is 0 Å². The summed E-state index contributed by atoms with van der Waals surface area (Å²) < 4.78 is 68.5. The molecular formula is C79H154O17P2. The van der Waals surface area contributed by atoms with E-state index in [4.69, 9.17) is 37.0 Å². The quantitative estimate of drug-likeness (QED) is 0.0222. The normalized spacial score (nSPS) is 13.9. The second kappa shape index (κ2) is 70.7. The summed E-state index contributed by atoms with van der Waals surface area (Å²) in [4.78, 5) is 72.7. The Morgan fingerprint density at radius 3 is 0.694 bits per heavy atom. The van der Waals surface area contributed by atoms with Gasteiger partial charge in [-0.1, -0.05) is 363 Å². The van der Waals surface area contributed by atoms with E-state index < -0.39 is 97.5 Å². The standard InChI is InChI=1S/C79H154O17P2/c1-7-9-11-13-15-16-31-39-45-51-57-63-78(83)95-74(67-89-76(81)61-55-49-41-14-12-10-8-2)69-93-97(85,86)91-65-73(80)66-92-98(87,88)94-70-75(68-90-77(82)62-56-50-44-38-34-29-25-22-21-24-28-33-37-43-48-54-60-72(5)6)96-79(84)64-58-52-46-40-35-30-26-20-18-17-19-23-27-32-36-42-47-53-59-71(3)4/h71-75,80H,7-70H2,1-6H3,(H,85,86)(H,87,88)/t73-,74+,75+/m0/s1. The minimum atomic E-state index is -4.96. The minimum absolute atomic E-state index is 0.107. The highest BCUT2D eigenvalue weighted by Gasteiger charge is 2.30. The van der Waals surface area contributed by atoms with Gasteiger partial charge in [0, 0.05) is 25.7 Å². The smallest absolute Gasteiger partial charge is 0.462 e. The van der Waals surface area contributed by atoms with E-state index in [0.29, 0.717) is 25.7 Å². The maximum absolute atomic E-state index is 13.1. The average molecular weight is 1440 g/mol. The lowest BCUT2D eigenvalue weighted by molar-refractivity contribution is -0.161. The van der Waals surface area contributed by atoms with Crippen molar-refractivity contribution in [3.8, 4) is 0 Å². The van der Waals surface area contributed by atoms with Crippen molar-refractivity contribution in [2.75, 3.05) is 39.6 Å². The van der Waals surface area contributed by atoms with Crippen LogP contribution in [0.25, 0.3) is 0 Å². The Morgan fingerprint density at radius 2 is 0.469 bits per heavy atom. The van der Waals surface area contributed by atoms with Gasteiger partial charge < -0.3 is 33.8 Å². The third-order valence-corrected chi connectivity index (χ3v) is 20.4. The van der Waals surface area contributed by atoms with Crippen molar-refractivity contribution >= 4 is 39.5 Å². The minimum Gasteiger partial charge on any atom is -0.462 e. The van der Waals surface area contributed by atoms with E-state index in [0.717, 1.165) is 115 Å². The van der Waals surface area contributed by atoms with Crippen molar-refractivity contribution < 1.29 is 80.2 Å². The number of hydrogen-bond acceptors (Lipinski definition) is 15. The van der Waals surface area contributed by atoms with Crippen LogP contribution in [0.4, 0.5) is 0 Å². The lowest BCUT2D eigenvalue weighted by Gasteiger charge is -2.21. The molecule has 98 heavy (non-hydrogen) atoms. The van der Waals surface area contributed by atoms with Crippen molar-refractivity contribution in [1.29, 1.82) is 0 Å². The number of rotatable bonds is 78. The largest absolute Gasteiger partial charge is 0.472 e. The van der Waals surface area contributed by atoms with Gasteiger partial charge in [-0.15, -0.1) is 0 Å². The highest BCUT2D eigenvalue weighted by atomic mass is 31.2. The highest BCUT2D eigenvalue weighted by molar-refractivity contribution is 7.47. The van der Waals surface area contributed by atoms with Crippen molar-refractivity contribution in [2.45, 2.75) is 432 Å². The van der Waals surface area contributed by atoms with E-state index >= 15 is 0 Å². The second-order valence-corrected chi connectivity index (χ2v) is 32.3. The third kappa shape index (κ3) is 72.4. The Balaban J connectivity index is 5.15. The monoisotopic (exact) mass is 1440 g/mol. The molecule has 0 aliphatic carbocycles. The number of unbranched alkanes of at least 4 members (excludes halogenated alkanes) is 48. The van der Waals surface area contributed by atoms with Crippen LogP contribution in [0.2, 0.25) is 0 Å². The molecule has 5 atom stereocenters. The number of esters is 4. The van der Waals surface area contributed by atoms with Crippen LogP contribution in [0, 0.1) is 11.8 Å². The van der Waals surface area contributed by atoms with Crippen LogP contribution in [0.5, 0.6) is 0 Å².